The van der Waals surface area contributed by atoms with E-state index in [4.69, 9.17) is 21.1 Å². The van der Waals surface area contributed by atoms with E-state index in [0.717, 1.165) is 49.0 Å². The molecule has 4 nitrogen and oxygen atoms in total. The summed E-state index contributed by atoms with van der Waals surface area (Å²) in [6, 6.07) is 12.3. The van der Waals surface area contributed by atoms with E-state index >= 15 is 0 Å². The van der Waals surface area contributed by atoms with Crippen LogP contribution in [-0.2, 0) is 16.1 Å². The van der Waals surface area contributed by atoms with Gasteiger partial charge >= 0.3 is 5.97 Å². The van der Waals surface area contributed by atoms with E-state index in [1.165, 1.54) is 21.2 Å². The third kappa shape index (κ3) is 4.99. The van der Waals surface area contributed by atoms with Crippen molar-refractivity contribution in [3.8, 4) is 5.75 Å². The number of fused-ring (bicyclic) bond motifs is 2. The number of thiophene rings is 1. The largest absolute Gasteiger partial charge is 0.494 e. The molecule has 0 bridgehead atoms. The zero-order chi connectivity index (χ0) is 21.8. The zero-order valence-corrected chi connectivity index (χ0v) is 19.6. The second kappa shape index (κ2) is 9.92. The number of benzene rings is 2. The SMILES string of the molecule is CCCCOc1ccc2c(c1)N(Cc1csc3ccc(Cl)cc13)CC2CC(=O)OCC. The van der Waals surface area contributed by atoms with Crippen molar-refractivity contribution in [3.63, 3.8) is 0 Å². The van der Waals surface area contributed by atoms with Crippen LogP contribution in [0.2, 0.25) is 5.02 Å². The molecule has 0 amide bonds. The van der Waals surface area contributed by atoms with Gasteiger partial charge in [-0.1, -0.05) is 31.0 Å². The number of hydrogen-bond acceptors (Lipinski definition) is 5. The van der Waals surface area contributed by atoms with Crippen LogP contribution in [-0.4, -0.2) is 25.7 Å². The van der Waals surface area contributed by atoms with Crippen molar-refractivity contribution in [3.05, 3.63) is 57.9 Å². The molecule has 1 atom stereocenters. The van der Waals surface area contributed by atoms with Gasteiger partial charge in [0.1, 0.15) is 5.75 Å². The number of esters is 1. The van der Waals surface area contributed by atoms with Crippen LogP contribution >= 0.6 is 22.9 Å². The van der Waals surface area contributed by atoms with Gasteiger partial charge in [-0.15, -0.1) is 11.3 Å². The molecule has 0 radical (unpaired) electrons. The van der Waals surface area contributed by atoms with Crippen molar-refractivity contribution >= 4 is 44.7 Å². The predicted molar refractivity (Wildman–Crippen MR) is 129 cm³/mol. The number of halogens is 1. The summed E-state index contributed by atoms with van der Waals surface area (Å²) in [5.74, 6) is 0.857. The minimum atomic E-state index is -0.142. The number of carbonyl (C=O) groups excluding carboxylic acids is 1. The Hall–Kier alpha value is -2.24. The summed E-state index contributed by atoms with van der Waals surface area (Å²) in [6.45, 7) is 6.68. The maximum Gasteiger partial charge on any atom is 0.306 e. The van der Waals surface area contributed by atoms with Gasteiger partial charge in [0.15, 0.2) is 0 Å². The zero-order valence-electron chi connectivity index (χ0n) is 18.0. The van der Waals surface area contributed by atoms with Gasteiger partial charge in [-0.25, -0.2) is 0 Å². The number of hydrogen-bond donors (Lipinski definition) is 0. The van der Waals surface area contributed by atoms with Crippen molar-refractivity contribution in [1.29, 1.82) is 0 Å². The first-order valence-corrected chi connectivity index (χ1v) is 12.2. The van der Waals surface area contributed by atoms with Crippen molar-refractivity contribution in [1.82, 2.24) is 0 Å². The van der Waals surface area contributed by atoms with Crippen LogP contribution in [0, 0.1) is 0 Å². The molecule has 0 saturated carbocycles. The summed E-state index contributed by atoms with van der Waals surface area (Å²) in [5.41, 5.74) is 3.58. The molecule has 1 aliphatic rings. The van der Waals surface area contributed by atoms with Crippen LogP contribution in [0.15, 0.2) is 41.8 Å². The standard InChI is InChI=1S/C25H28ClNO3S/c1-3-5-10-30-20-7-8-21-17(11-25(28)29-4-2)14-27(23(21)13-20)15-18-16-31-24-9-6-19(26)12-22(18)24/h6-9,12-13,16-17H,3-5,10-11,14-15H2,1-2H3. The molecule has 0 aliphatic carbocycles. The molecular weight excluding hydrogens is 430 g/mol. The van der Waals surface area contributed by atoms with E-state index in [-0.39, 0.29) is 11.9 Å². The van der Waals surface area contributed by atoms with Crippen molar-refractivity contribution in [2.24, 2.45) is 0 Å². The fourth-order valence-corrected chi connectivity index (χ4v) is 5.26. The lowest BCUT2D eigenvalue weighted by Crippen LogP contribution is -2.22. The Bertz CT molecular complexity index is 1060. The van der Waals surface area contributed by atoms with Crippen molar-refractivity contribution < 1.29 is 14.3 Å². The third-order valence-corrected chi connectivity index (χ3v) is 6.93. The predicted octanol–water partition coefficient (Wildman–Crippen LogP) is 6.79. The van der Waals surface area contributed by atoms with E-state index in [1.54, 1.807) is 11.3 Å². The Labute approximate surface area is 192 Å². The average molecular weight is 458 g/mol. The van der Waals surface area contributed by atoms with Gasteiger partial charge in [-0.05, 0) is 59.5 Å². The van der Waals surface area contributed by atoms with Gasteiger partial charge < -0.3 is 14.4 Å². The van der Waals surface area contributed by atoms with Gasteiger partial charge in [-0.2, -0.15) is 0 Å². The van der Waals surface area contributed by atoms with Gasteiger partial charge in [-0.3, -0.25) is 4.79 Å². The molecule has 1 aromatic heterocycles. The first-order chi connectivity index (χ1) is 15.1. The maximum atomic E-state index is 12.2. The van der Waals surface area contributed by atoms with Crippen molar-refractivity contribution in [2.45, 2.75) is 45.6 Å². The number of nitrogens with zero attached hydrogens (tertiary/aromatic N) is 1. The topological polar surface area (TPSA) is 38.8 Å². The fraction of sp³-hybridized carbons (Fsp3) is 0.400. The molecule has 0 saturated heterocycles. The van der Waals surface area contributed by atoms with Crippen LogP contribution in [0.4, 0.5) is 5.69 Å². The fourth-order valence-electron chi connectivity index (χ4n) is 4.16. The summed E-state index contributed by atoms with van der Waals surface area (Å²) in [7, 11) is 0. The highest BCUT2D eigenvalue weighted by molar-refractivity contribution is 7.17. The Morgan fingerprint density at radius 1 is 1.23 bits per heavy atom. The van der Waals surface area contributed by atoms with Gasteiger partial charge in [0.05, 0.1) is 19.6 Å². The molecular formula is C25H28ClNO3S. The number of rotatable bonds is 9. The second-order valence-electron chi connectivity index (χ2n) is 7.91. The smallest absolute Gasteiger partial charge is 0.306 e. The molecule has 164 valence electrons. The first kappa shape index (κ1) is 22.0. The van der Waals surface area contributed by atoms with E-state index in [0.29, 0.717) is 13.0 Å². The molecule has 0 N–H and O–H groups in total. The molecule has 3 aromatic rings. The van der Waals surface area contributed by atoms with E-state index in [9.17, 15) is 4.79 Å². The Morgan fingerprint density at radius 3 is 2.90 bits per heavy atom. The highest BCUT2D eigenvalue weighted by Gasteiger charge is 2.31. The lowest BCUT2D eigenvalue weighted by atomic mass is 9.98. The monoisotopic (exact) mass is 457 g/mol. The van der Waals surface area contributed by atoms with E-state index in [2.05, 4.69) is 35.4 Å². The third-order valence-electron chi connectivity index (χ3n) is 5.69. The Balaban J connectivity index is 1.61. The van der Waals surface area contributed by atoms with Gasteiger partial charge in [0, 0.05) is 40.5 Å². The molecule has 0 spiro atoms. The molecule has 31 heavy (non-hydrogen) atoms. The van der Waals surface area contributed by atoms with Crippen molar-refractivity contribution in [2.75, 3.05) is 24.7 Å². The van der Waals surface area contributed by atoms with Gasteiger partial charge in [0.25, 0.3) is 0 Å². The summed E-state index contributed by atoms with van der Waals surface area (Å²) in [4.78, 5) is 14.6. The lowest BCUT2D eigenvalue weighted by Gasteiger charge is -2.20. The van der Waals surface area contributed by atoms with Crippen LogP contribution in [0.25, 0.3) is 10.1 Å². The normalized spacial score (nSPS) is 15.3. The highest BCUT2D eigenvalue weighted by atomic mass is 35.5. The lowest BCUT2D eigenvalue weighted by molar-refractivity contribution is -0.143. The molecule has 0 fully saturated rings. The molecule has 2 heterocycles. The molecule has 1 unspecified atom stereocenters. The Morgan fingerprint density at radius 2 is 2.10 bits per heavy atom. The first-order valence-electron chi connectivity index (χ1n) is 10.9. The molecule has 4 rings (SSSR count). The highest BCUT2D eigenvalue weighted by Crippen LogP contribution is 2.42. The number of anilines is 1. The molecule has 1 aliphatic heterocycles. The summed E-state index contributed by atoms with van der Waals surface area (Å²) < 4.78 is 12.4. The molecule has 6 heteroatoms. The van der Waals surface area contributed by atoms with Crippen LogP contribution in [0.1, 0.15) is 50.2 Å². The minimum absolute atomic E-state index is 0.118. The van der Waals surface area contributed by atoms with Gasteiger partial charge in [0.2, 0.25) is 0 Å². The van der Waals surface area contributed by atoms with Crippen LogP contribution in [0.3, 0.4) is 0 Å². The average Bonchev–Trinajstić information content (AvgIpc) is 3.30. The Kier molecular flexibility index (Phi) is 7.03. The molecule has 2 aromatic carbocycles. The summed E-state index contributed by atoms with van der Waals surface area (Å²) in [6.07, 6.45) is 2.53. The maximum absolute atomic E-state index is 12.2. The van der Waals surface area contributed by atoms with Crippen LogP contribution < -0.4 is 9.64 Å². The van der Waals surface area contributed by atoms with E-state index < -0.39 is 0 Å². The summed E-state index contributed by atoms with van der Waals surface area (Å²) in [5, 5.41) is 4.16. The van der Waals surface area contributed by atoms with Crippen LogP contribution in [0.5, 0.6) is 5.75 Å². The number of ether oxygens (including phenoxy) is 2. The minimum Gasteiger partial charge on any atom is -0.494 e. The van der Waals surface area contributed by atoms with E-state index in [1.807, 2.05) is 25.1 Å². The summed E-state index contributed by atoms with van der Waals surface area (Å²) >= 11 is 8.00. The second-order valence-corrected chi connectivity index (χ2v) is 9.26. The quantitative estimate of drug-likeness (QED) is 0.262. The number of unbranched alkanes of at least 4 members (excludes halogenated alkanes) is 1. The number of carbonyl (C=O) groups is 1.